The summed E-state index contributed by atoms with van der Waals surface area (Å²) in [5.41, 5.74) is 3.76. The van der Waals surface area contributed by atoms with Gasteiger partial charge in [-0.05, 0) is 48.1 Å². The van der Waals surface area contributed by atoms with E-state index in [9.17, 15) is 0 Å². The molecule has 0 aromatic heterocycles. The number of nitrogens with one attached hydrogen (secondary N) is 1. The van der Waals surface area contributed by atoms with Gasteiger partial charge in [0.15, 0.2) is 0 Å². The smallest absolute Gasteiger partial charge is 0.0612 e. The molecule has 98 valence electrons. The zero-order valence-corrected chi connectivity index (χ0v) is 12.0. The molecule has 1 saturated carbocycles. The number of halogens is 2. The molecule has 0 radical (unpaired) electrons. The van der Waals surface area contributed by atoms with Gasteiger partial charge in [-0.2, -0.15) is 0 Å². The van der Waals surface area contributed by atoms with Crippen molar-refractivity contribution < 1.29 is 0 Å². The number of hydrogen-bond donors (Lipinski definition) is 1. The van der Waals surface area contributed by atoms with Gasteiger partial charge >= 0.3 is 0 Å². The minimum atomic E-state index is 0.582. The van der Waals surface area contributed by atoms with E-state index in [1.807, 2.05) is 18.2 Å². The van der Waals surface area contributed by atoms with Gasteiger partial charge in [-0.1, -0.05) is 47.5 Å². The summed E-state index contributed by atoms with van der Waals surface area (Å²) in [6, 6.07) is 14.4. The maximum Gasteiger partial charge on any atom is 0.0612 e. The second kappa shape index (κ2) is 5.44. The fourth-order valence-electron chi connectivity index (χ4n) is 2.18. The van der Waals surface area contributed by atoms with Crippen LogP contribution in [-0.4, -0.2) is 0 Å². The molecule has 3 heteroatoms. The second-order valence-electron chi connectivity index (χ2n) is 5.00. The van der Waals surface area contributed by atoms with E-state index in [-0.39, 0.29) is 0 Å². The summed E-state index contributed by atoms with van der Waals surface area (Å²) < 4.78 is 0. The molecule has 2 aromatic rings. The Kier molecular flexibility index (Phi) is 3.67. The maximum atomic E-state index is 6.00. The maximum absolute atomic E-state index is 6.00. The summed E-state index contributed by atoms with van der Waals surface area (Å²) >= 11 is 11.9. The van der Waals surface area contributed by atoms with E-state index < -0.39 is 0 Å². The molecule has 0 saturated heterocycles. The Morgan fingerprint density at radius 3 is 2.58 bits per heavy atom. The van der Waals surface area contributed by atoms with Crippen molar-refractivity contribution in [3.05, 3.63) is 63.6 Å². The van der Waals surface area contributed by atoms with E-state index in [1.165, 1.54) is 24.0 Å². The summed E-state index contributed by atoms with van der Waals surface area (Å²) in [6.45, 7) is 0.804. The van der Waals surface area contributed by atoms with Crippen LogP contribution in [0.15, 0.2) is 42.5 Å². The number of benzene rings is 2. The van der Waals surface area contributed by atoms with Crippen LogP contribution in [0.4, 0.5) is 5.69 Å². The third-order valence-electron chi connectivity index (χ3n) is 3.42. The molecule has 1 aliphatic rings. The Bertz CT molecular complexity index is 591. The predicted molar refractivity (Wildman–Crippen MR) is 82.2 cm³/mol. The van der Waals surface area contributed by atoms with Gasteiger partial charge in [-0.3, -0.25) is 0 Å². The highest BCUT2D eigenvalue weighted by Crippen LogP contribution is 2.40. The van der Waals surface area contributed by atoms with Crippen molar-refractivity contribution in [3.8, 4) is 0 Å². The fraction of sp³-hybridized carbons (Fsp3) is 0.250. The van der Waals surface area contributed by atoms with E-state index in [0.717, 1.165) is 18.2 Å². The van der Waals surface area contributed by atoms with Gasteiger partial charge < -0.3 is 5.32 Å². The minimum Gasteiger partial charge on any atom is -0.381 e. The van der Waals surface area contributed by atoms with Crippen molar-refractivity contribution in [3.63, 3.8) is 0 Å². The van der Waals surface area contributed by atoms with Crippen LogP contribution in [0.1, 0.15) is 29.9 Å². The van der Waals surface area contributed by atoms with E-state index in [0.29, 0.717) is 10.0 Å². The molecule has 19 heavy (non-hydrogen) atoms. The van der Waals surface area contributed by atoms with Crippen molar-refractivity contribution in [2.24, 2.45) is 0 Å². The van der Waals surface area contributed by atoms with Crippen LogP contribution in [0.2, 0.25) is 10.0 Å². The van der Waals surface area contributed by atoms with Gasteiger partial charge in [0.1, 0.15) is 0 Å². The van der Waals surface area contributed by atoms with Crippen LogP contribution >= 0.6 is 23.2 Å². The fourth-order valence-corrected chi connectivity index (χ4v) is 2.48. The molecule has 0 bridgehead atoms. The normalized spacial score (nSPS) is 14.4. The van der Waals surface area contributed by atoms with E-state index in [4.69, 9.17) is 23.2 Å². The van der Waals surface area contributed by atoms with Crippen molar-refractivity contribution in [2.45, 2.75) is 25.3 Å². The van der Waals surface area contributed by atoms with Crippen LogP contribution < -0.4 is 5.32 Å². The molecule has 3 rings (SSSR count). The van der Waals surface area contributed by atoms with E-state index in [2.05, 4.69) is 29.6 Å². The Balaban J connectivity index is 1.68. The molecule has 0 unspecified atom stereocenters. The highest BCUT2D eigenvalue weighted by molar-refractivity contribution is 6.42. The Morgan fingerprint density at radius 1 is 1.00 bits per heavy atom. The van der Waals surface area contributed by atoms with E-state index in [1.54, 1.807) is 0 Å². The van der Waals surface area contributed by atoms with Crippen molar-refractivity contribution >= 4 is 28.9 Å². The summed E-state index contributed by atoms with van der Waals surface area (Å²) in [5, 5.41) is 4.54. The van der Waals surface area contributed by atoms with Crippen molar-refractivity contribution in [1.29, 1.82) is 0 Å². The second-order valence-corrected chi connectivity index (χ2v) is 5.82. The SMILES string of the molecule is Clc1ccc(NCc2cccc(C3CC3)c2)cc1Cl. The zero-order valence-electron chi connectivity index (χ0n) is 10.5. The lowest BCUT2D eigenvalue weighted by Gasteiger charge is -2.09. The Labute approximate surface area is 123 Å². The third-order valence-corrected chi connectivity index (χ3v) is 4.16. The number of hydrogen-bond acceptors (Lipinski definition) is 1. The molecule has 0 amide bonds. The average Bonchev–Trinajstić information content (AvgIpc) is 3.25. The lowest BCUT2D eigenvalue weighted by molar-refractivity contribution is 1.09. The molecule has 0 heterocycles. The molecule has 2 aromatic carbocycles. The zero-order chi connectivity index (χ0) is 13.2. The van der Waals surface area contributed by atoms with Gasteiger partial charge in [-0.15, -0.1) is 0 Å². The standard InChI is InChI=1S/C16H15Cl2N/c17-15-7-6-14(9-16(15)18)19-10-11-2-1-3-13(8-11)12-4-5-12/h1-3,6-9,12,19H,4-5,10H2. The first-order valence-electron chi connectivity index (χ1n) is 6.50. The van der Waals surface area contributed by atoms with Gasteiger partial charge in [0.25, 0.3) is 0 Å². The average molecular weight is 292 g/mol. The van der Waals surface area contributed by atoms with Crippen molar-refractivity contribution in [2.75, 3.05) is 5.32 Å². The molecule has 0 atom stereocenters. The summed E-state index contributed by atoms with van der Waals surface area (Å²) in [6.07, 6.45) is 2.67. The van der Waals surface area contributed by atoms with Crippen molar-refractivity contribution in [1.82, 2.24) is 0 Å². The molecular formula is C16H15Cl2N. The monoisotopic (exact) mass is 291 g/mol. The van der Waals surface area contributed by atoms with E-state index >= 15 is 0 Å². The molecule has 0 spiro atoms. The topological polar surface area (TPSA) is 12.0 Å². The summed E-state index contributed by atoms with van der Waals surface area (Å²) in [4.78, 5) is 0. The number of anilines is 1. The Hall–Kier alpha value is -1.18. The Morgan fingerprint density at radius 2 is 1.84 bits per heavy atom. The van der Waals surface area contributed by atoms with Crippen LogP contribution in [0.3, 0.4) is 0 Å². The largest absolute Gasteiger partial charge is 0.381 e. The minimum absolute atomic E-state index is 0.582. The lowest BCUT2D eigenvalue weighted by Crippen LogP contribution is -1.99. The predicted octanol–water partition coefficient (Wildman–Crippen LogP) is 5.48. The first-order chi connectivity index (χ1) is 9.22. The molecule has 1 fully saturated rings. The van der Waals surface area contributed by atoms with Crippen LogP contribution in [0.25, 0.3) is 0 Å². The quantitative estimate of drug-likeness (QED) is 0.786. The molecule has 0 aliphatic heterocycles. The van der Waals surface area contributed by atoms with Crippen LogP contribution in [0.5, 0.6) is 0 Å². The van der Waals surface area contributed by atoms with Crippen LogP contribution in [0, 0.1) is 0 Å². The molecular weight excluding hydrogens is 277 g/mol. The molecule has 1 N–H and O–H groups in total. The van der Waals surface area contributed by atoms with Crippen LogP contribution in [-0.2, 0) is 6.54 Å². The van der Waals surface area contributed by atoms with Gasteiger partial charge in [-0.25, -0.2) is 0 Å². The van der Waals surface area contributed by atoms with Gasteiger partial charge in [0.2, 0.25) is 0 Å². The first kappa shape index (κ1) is 12.8. The first-order valence-corrected chi connectivity index (χ1v) is 7.26. The lowest BCUT2D eigenvalue weighted by atomic mass is 10.1. The molecule has 1 nitrogen and oxygen atoms in total. The summed E-state index contributed by atoms with van der Waals surface area (Å²) in [7, 11) is 0. The summed E-state index contributed by atoms with van der Waals surface area (Å²) in [5.74, 6) is 0.796. The molecule has 1 aliphatic carbocycles. The van der Waals surface area contributed by atoms with Gasteiger partial charge in [0.05, 0.1) is 10.0 Å². The third kappa shape index (κ3) is 3.23. The van der Waals surface area contributed by atoms with Gasteiger partial charge in [0, 0.05) is 12.2 Å². The number of rotatable bonds is 4. The highest BCUT2D eigenvalue weighted by Gasteiger charge is 2.23. The highest BCUT2D eigenvalue weighted by atomic mass is 35.5.